The van der Waals surface area contributed by atoms with E-state index in [0.717, 1.165) is 48.7 Å². The van der Waals surface area contributed by atoms with Gasteiger partial charge in [0.15, 0.2) is 0 Å². The monoisotopic (exact) mass is 402 g/mol. The van der Waals surface area contributed by atoms with Crippen LogP contribution in [-0.2, 0) is 6.54 Å². The van der Waals surface area contributed by atoms with Gasteiger partial charge in [-0.25, -0.2) is 0 Å². The number of aryl methyl sites for hydroxylation is 2. The second kappa shape index (κ2) is 8.37. The number of H-pyrrole nitrogens is 1. The van der Waals surface area contributed by atoms with Crippen LogP contribution in [0.3, 0.4) is 0 Å². The van der Waals surface area contributed by atoms with Gasteiger partial charge >= 0.3 is 0 Å². The molecule has 0 saturated carbocycles. The molecule has 0 atom stereocenters. The van der Waals surface area contributed by atoms with E-state index in [0.29, 0.717) is 16.1 Å². The molecule has 2 N–H and O–H groups in total. The van der Waals surface area contributed by atoms with Gasteiger partial charge in [-0.1, -0.05) is 11.6 Å². The standard InChI is InChI=1S/C21H27ClN4O2/c1-13-9-14(2)24-21(28)18(13)12-23-20(27)17-10-16(22)11-19(15(17)3)26-7-5-25(4)6-8-26/h9-11H,5-8,12H2,1-4H3,(H,23,27)(H,24,28). The minimum atomic E-state index is -0.227. The van der Waals surface area contributed by atoms with Crippen LogP contribution in [0.25, 0.3) is 0 Å². The van der Waals surface area contributed by atoms with Crippen molar-refractivity contribution in [3.8, 4) is 0 Å². The van der Waals surface area contributed by atoms with Crippen molar-refractivity contribution < 1.29 is 4.79 Å². The van der Waals surface area contributed by atoms with E-state index < -0.39 is 0 Å². The maximum Gasteiger partial charge on any atom is 0.253 e. The number of pyridine rings is 1. The van der Waals surface area contributed by atoms with Gasteiger partial charge in [0.1, 0.15) is 0 Å². The minimum Gasteiger partial charge on any atom is -0.369 e. The molecule has 0 radical (unpaired) electrons. The summed E-state index contributed by atoms with van der Waals surface area (Å²) in [5.41, 5.74) is 4.51. The number of hydrogen-bond acceptors (Lipinski definition) is 4. The van der Waals surface area contributed by atoms with E-state index in [4.69, 9.17) is 11.6 Å². The van der Waals surface area contributed by atoms with Crippen molar-refractivity contribution in [2.45, 2.75) is 27.3 Å². The van der Waals surface area contributed by atoms with Crippen molar-refractivity contribution >= 4 is 23.2 Å². The molecule has 2 heterocycles. The minimum absolute atomic E-state index is 0.168. The van der Waals surface area contributed by atoms with Crippen LogP contribution in [0.5, 0.6) is 0 Å². The molecule has 1 aromatic heterocycles. The summed E-state index contributed by atoms with van der Waals surface area (Å²) in [7, 11) is 2.11. The summed E-state index contributed by atoms with van der Waals surface area (Å²) in [6, 6.07) is 5.52. The Morgan fingerprint density at radius 3 is 2.46 bits per heavy atom. The van der Waals surface area contributed by atoms with Crippen molar-refractivity contribution in [3.05, 3.63) is 61.5 Å². The van der Waals surface area contributed by atoms with Gasteiger partial charge in [0.05, 0.1) is 0 Å². The van der Waals surface area contributed by atoms with Crippen molar-refractivity contribution in [1.29, 1.82) is 0 Å². The van der Waals surface area contributed by atoms with Crippen LogP contribution in [0.15, 0.2) is 23.0 Å². The number of anilines is 1. The number of halogens is 1. The molecule has 150 valence electrons. The zero-order valence-corrected chi connectivity index (χ0v) is 17.6. The number of nitrogens with zero attached hydrogens (tertiary/aromatic N) is 2. The summed E-state index contributed by atoms with van der Waals surface area (Å²) in [5, 5.41) is 3.41. The Morgan fingerprint density at radius 2 is 1.82 bits per heavy atom. The predicted molar refractivity (Wildman–Crippen MR) is 114 cm³/mol. The second-order valence-corrected chi connectivity index (χ2v) is 7.95. The third kappa shape index (κ3) is 4.39. The molecule has 6 nitrogen and oxygen atoms in total. The quantitative estimate of drug-likeness (QED) is 0.824. The average Bonchev–Trinajstić information content (AvgIpc) is 2.63. The Morgan fingerprint density at radius 1 is 1.14 bits per heavy atom. The number of carbonyl (C=O) groups excluding carboxylic acids is 1. The molecule has 1 saturated heterocycles. The van der Waals surface area contributed by atoms with Gasteiger partial charge in [-0.3, -0.25) is 9.59 Å². The first-order valence-electron chi connectivity index (χ1n) is 9.47. The van der Waals surface area contributed by atoms with Crippen molar-refractivity contribution in [1.82, 2.24) is 15.2 Å². The number of hydrogen-bond donors (Lipinski definition) is 2. The highest BCUT2D eigenvalue weighted by molar-refractivity contribution is 6.31. The van der Waals surface area contributed by atoms with Gasteiger partial charge in [-0.05, 0) is 57.1 Å². The summed E-state index contributed by atoms with van der Waals surface area (Å²) >= 11 is 6.33. The molecule has 0 aliphatic carbocycles. The first-order valence-corrected chi connectivity index (χ1v) is 9.85. The Kier molecular flexibility index (Phi) is 6.10. The van der Waals surface area contributed by atoms with Crippen molar-refractivity contribution in [3.63, 3.8) is 0 Å². The highest BCUT2D eigenvalue weighted by Gasteiger charge is 2.20. The molecule has 2 aromatic rings. The van der Waals surface area contributed by atoms with Gasteiger partial charge < -0.3 is 20.1 Å². The number of piperazine rings is 1. The lowest BCUT2D eigenvalue weighted by molar-refractivity contribution is 0.0950. The largest absolute Gasteiger partial charge is 0.369 e. The highest BCUT2D eigenvalue weighted by atomic mass is 35.5. The highest BCUT2D eigenvalue weighted by Crippen LogP contribution is 2.29. The van der Waals surface area contributed by atoms with Gasteiger partial charge in [-0.2, -0.15) is 0 Å². The summed E-state index contributed by atoms with van der Waals surface area (Å²) < 4.78 is 0. The summed E-state index contributed by atoms with van der Waals surface area (Å²) in [6.07, 6.45) is 0. The molecular formula is C21H27ClN4O2. The summed E-state index contributed by atoms with van der Waals surface area (Å²) in [4.78, 5) is 32.4. The maximum absolute atomic E-state index is 12.9. The summed E-state index contributed by atoms with van der Waals surface area (Å²) in [6.45, 7) is 9.59. The Hall–Kier alpha value is -2.31. The van der Waals surface area contributed by atoms with Gasteiger partial charge in [0.2, 0.25) is 0 Å². The smallest absolute Gasteiger partial charge is 0.253 e. The zero-order chi connectivity index (χ0) is 20.4. The van der Waals surface area contributed by atoms with Gasteiger partial charge in [-0.15, -0.1) is 0 Å². The molecule has 1 aromatic carbocycles. The van der Waals surface area contributed by atoms with Crippen LogP contribution >= 0.6 is 11.6 Å². The van der Waals surface area contributed by atoms with E-state index >= 15 is 0 Å². The second-order valence-electron chi connectivity index (χ2n) is 7.51. The van der Waals surface area contributed by atoms with Crippen LogP contribution in [0.4, 0.5) is 5.69 Å². The fourth-order valence-corrected chi connectivity index (χ4v) is 3.85. The van der Waals surface area contributed by atoms with Crippen LogP contribution < -0.4 is 15.8 Å². The molecule has 0 spiro atoms. The van der Waals surface area contributed by atoms with Crippen LogP contribution in [0.2, 0.25) is 5.02 Å². The maximum atomic E-state index is 12.9. The first-order chi connectivity index (χ1) is 13.3. The lowest BCUT2D eigenvalue weighted by Crippen LogP contribution is -2.44. The van der Waals surface area contributed by atoms with E-state index in [-0.39, 0.29) is 18.0 Å². The Balaban J connectivity index is 1.81. The number of likely N-dealkylation sites (N-methyl/N-ethyl adjacent to an activating group) is 1. The van der Waals surface area contributed by atoms with Crippen LogP contribution in [0, 0.1) is 20.8 Å². The van der Waals surface area contributed by atoms with Crippen molar-refractivity contribution in [2.75, 3.05) is 38.1 Å². The molecule has 1 amide bonds. The number of aromatic nitrogens is 1. The molecule has 1 aliphatic heterocycles. The number of carbonyl (C=O) groups is 1. The predicted octanol–water partition coefficient (Wildman–Crippen LogP) is 2.64. The molecular weight excluding hydrogens is 376 g/mol. The summed E-state index contributed by atoms with van der Waals surface area (Å²) in [5.74, 6) is -0.227. The first kappa shape index (κ1) is 20.4. The van der Waals surface area contributed by atoms with E-state index in [1.165, 1.54) is 0 Å². The molecule has 0 unspecified atom stereocenters. The van der Waals surface area contributed by atoms with E-state index in [1.807, 2.05) is 32.9 Å². The fourth-order valence-electron chi connectivity index (χ4n) is 3.64. The van der Waals surface area contributed by atoms with Gasteiger partial charge in [0.25, 0.3) is 11.5 Å². The molecule has 7 heteroatoms. The fraction of sp³-hybridized carbons (Fsp3) is 0.429. The normalized spacial score (nSPS) is 15.0. The van der Waals surface area contributed by atoms with Crippen LogP contribution in [0.1, 0.15) is 32.7 Å². The van der Waals surface area contributed by atoms with E-state index in [1.54, 1.807) is 6.07 Å². The third-order valence-electron chi connectivity index (χ3n) is 5.35. The van der Waals surface area contributed by atoms with Gasteiger partial charge in [0, 0.05) is 60.3 Å². The lowest BCUT2D eigenvalue weighted by atomic mass is 10.0. The molecule has 0 bridgehead atoms. The Labute approximate surface area is 170 Å². The molecule has 1 aliphatic rings. The number of benzene rings is 1. The molecule has 3 rings (SSSR count). The molecule has 28 heavy (non-hydrogen) atoms. The van der Waals surface area contributed by atoms with E-state index in [2.05, 4.69) is 27.1 Å². The SMILES string of the molecule is Cc1cc(C)c(CNC(=O)c2cc(Cl)cc(N3CCN(C)CC3)c2C)c(=O)[nH]1. The topological polar surface area (TPSA) is 68.4 Å². The third-order valence-corrected chi connectivity index (χ3v) is 5.57. The zero-order valence-electron chi connectivity index (χ0n) is 16.9. The number of aromatic amines is 1. The lowest BCUT2D eigenvalue weighted by Gasteiger charge is -2.35. The van der Waals surface area contributed by atoms with Crippen molar-refractivity contribution in [2.24, 2.45) is 0 Å². The van der Waals surface area contributed by atoms with E-state index in [9.17, 15) is 9.59 Å². The molecule has 1 fully saturated rings. The number of nitrogens with one attached hydrogen (secondary N) is 2. The van der Waals surface area contributed by atoms with Crippen LogP contribution in [-0.4, -0.2) is 49.0 Å². The average molecular weight is 403 g/mol. The number of rotatable bonds is 4. The Bertz CT molecular complexity index is 946. The number of amides is 1.